The molecule has 0 atom stereocenters. The first kappa shape index (κ1) is 16.0. The predicted molar refractivity (Wildman–Crippen MR) is 54.4 cm³/mol. The van der Waals surface area contributed by atoms with E-state index in [0.717, 1.165) is 0 Å². The second-order valence-corrected chi connectivity index (χ2v) is 5.18. The molecule has 0 aromatic carbocycles. The summed E-state index contributed by atoms with van der Waals surface area (Å²) >= 11 is 0. The zero-order chi connectivity index (χ0) is 12.7. The van der Waals surface area contributed by atoms with Gasteiger partial charge in [-0.05, 0) is 12.8 Å². The molecule has 8 nitrogen and oxygen atoms in total. The van der Waals surface area contributed by atoms with Crippen molar-refractivity contribution in [3.05, 3.63) is 12.2 Å². The minimum Gasteiger partial charge on any atom is -0.303 e. The third-order valence-corrected chi connectivity index (χ3v) is 2.29. The van der Waals surface area contributed by atoms with Crippen molar-refractivity contribution in [1.29, 1.82) is 0 Å². The molecule has 0 rings (SSSR count). The van der Waals surface area contributed by atoms with Gasteiger partial charge in [-0.1, -0.05) is 12.2 Å². The van der Waals surface area contributed by atoms with Gasteiger partial charge in [-0.25, -0.2) is 9.13 Å². The fourth-order valence-electron chi connectivity index (χ4n) is 0.715. The molecule has 96 valence electrons. The summed E-state index contributed by atoms with van der Waals surface area (Å²) in [6.07, 6.45) is 3.72. The molecular weight excluding hydrogens is 262 g/mol. The van der Waals surface area contributed by atoms with Crippen LogP contribution in [0.2, 0.25) is 0 Å². The number of rotatable bonds is 8. The lowest BCUT2D eigenvalue weighted by Crippen LogP contribution is -1.91. The molecule has 10 heteroatoms. The van der Waals surface area contributed by atoms with Crippen LogP contribution in [-0.4, -0.2) is 32.8 Å². The van der Waals surface area contributed by atoms with Crippen LogP contribution in [0.4, 0.5) is 0 Å². The molecule has 0 heterocycles. The zero-order valence-electron chi connectivity index (χ0n) is 8.30. The van der Waals surface area contributed by atoms with Gasteiger partial charge in [0.2, 0.25) is 0 Å². The summed E-state index contributed by atoms with van der Waals surface area (Å²) in [6, 6.07) is 0. The number of phosphoric ester groups is 2. The van der Waals surface area contributed by atoms with Crippen molar-refractivity contribution in [2.24, 2.45) is 0 Å². The Hall–Kier alpha value is -0.0400. The average Bonchev–Trinajstić information content (AvgIpc) is 2.06. The van der Waals surface area contributed by atoms with Crippen LogP contribution in [0.25, 0.3) is 0 Å². The molecule has 4 N–H and O–H groups in total. The van der Waals surface area contributed by atoms with Crippen molar-refractivity contribution >= 4 is 15.6 Å². The molecule has 0 unspecified atom stereocenters. The second-order valence-electron chi connectivity index (χ2n) is 2.70. The third kappa shape index (κ3) is 14.0. The summed E-state index contributed by atoms with van der Waals surface area (Å²) in [5.74, 6) is 0. The van der Waals surface area contributed by atoms with E-state index in [4.69, 9.17) is 19.6 Å². The van der Waals surface area contributed by atoms with Crippen LogP contribution < -0.4 is 0 Å². The standard InChI is InChI=1S/C6H14O8P2/c7-15(8,9)13-5-3-1-2-4-6-14-16(10,11)12/h1-2H,3-6H2,(H2,7,8,9)(H2,10,11,12). The maximum Gasteiger partial charge on any atom is 0.469 e. The van der Waals surface area contributed by atoms with Crippen molar-refractivity contribution in [2.75, 3.05) is 13.2 Å². The minimum atomic E-state index is -4.41. The summed E-state index contributed by atoms with van der Waals surface area (Å²) in [6.45, 7) is -0.250. The lowest BCUT2D eigenvalue weighted by atomic mass is 10.3. The maximum absolute atomic E-state index is 10.2. The first-order valence-electron chi connectivity index (χ1n) is 4.26. The highest BCUT2D eigenvalue weighted by Gasteiger charge is 2.12. The van der Waals surface area contributed by atoms with E-state index in [2.05, 4.69) is 9.05 Å². The maximum atomic E-state index is 10.2. The van der Waals surface area contributed by atoms with Crippen LogP contribution in [-0.2, 0) is 18.2 Å². The normalized spacial score (nSPS) is 13.5. The van der Waals surface area contributed by atoms with E-state index in [9.17, 15) is 9.13 Å². The fourth-order valence-corrected chi connectivity index (χ4v) is 1.40. The monoisotopic (exact) mass is 276 g/mol. The van der Waals surface area contributed by atoms with Gasteiger partial charge in [-0.15, -0.1) is 0 Å². The fraction of sp³-hybridized carbons (Fsp3) is 0.667. The predicted octanol–water partition coefficient (Wildman–Crippen LogP) is 0.541. The molecule has 0 aliphatic rings. The third-order valence-electron chi connectivity index (χ3n) is 1.25. The van der Waals surface area contributed by atoms with Gasteiger partial charge >= 0.3 is 15.6 Å². The van der Waals surface area contributed by atoms with E-state index in [1.165, 1.54) is 0 Å². The molecule has 0 saturated carbocycles. The number of hydrogen-bond acceptors (Lipinski definition) is 4. The molecule has 0 fully saturated rings. The summed E-state index contributed by atoms with van der Waals surface area (Å²) in [5, 5.41) is 0. The van der Waals surface area contributed by atoms with Crippen LogP contribution in [0, 0.1) is 0 Å². The average molecular weight is 276 g/mol. The van der Waals surface area contributed by atoms with Crippen LogP contribution in [0.5, 0.6) is 0 Å². The van der Waals surface area contributed by atoms with Crippen LogP contribution in [0.15, 0.2) is 12.2 Å². The van der Waals surface area contributed by atoms with Crippen LogP contribution in [0.3, 0.4) is 0 Å². The summed E-state index contributed by atoms with van der Waals surface area (Å²) < 4.78 is 28.7. The molecule has 0 radical (unpaired) electrons. The largest absolute Gasteiger partial charge is 0.469 e. The summed E-state index contributed by atoms with van der Waals surface area (Å²) in [7, 11) is -8.82. The van der Waals surface area contributed by atoms with Crippen LogP contribution >= 0.6 is 15.6 Å². The molecule has 0 spiro atoms. The molecule has 0 aliphatic heterocycles. The van der Waals surface area contributed by atoms with E-state index in [1.807, 2.05) is 0 Å². The molecular formula is C6H14O8P2. The topological polar surface area (TPSA) is 134 Å². The quantitative estimate of drug-likeness (QED) is 0.287. The lowest BCUT2D eigenvalue weighted by molar-refractivity contribution is 0.197. The van der Waals surface area contributed by atoms with Crippen molar-refractivity contribution in [1.82, 2.24) is 0 Å². The van der Waals surface area contributed by atoms with Gasteiger partial charge in [0.15, 0.2) is 0 Å². The van der Waals surface area contributed by atoms with E-state index >= 15 is 0 Å². The second kappa shape index (κ2) is 7.32. The van der Waals surface area contributed by atoms with Crippen molar-refractivity contribution in [3.63, 3.8) is 0 Å². The van der Waals surface area contributed by atoms with Gasteiger partial charge in [0, 0.05) is 0 Å². The van der Waals surface area contributed by atoms with Gasteiger partial charge in [0.1, 0.15) is 0 Å². The molecule has 0 aromatic rings. The zero-order valence-corrected chi connectivity index (χ0v) is 10.1. The highest BCUT2D eigenvalue weighted by molar-refractivity contribution is 7.46. The van der Waals surface area contributed by atoms with E-state index in [0.29, 0.717) is 12.8 Å². The molecule has 0 saturated heterocycles. The molecule has 0 amide bonds. The molecule has 16 heavy (non-hydrogen) atoms. The Bertz CT molecular complexity index is 272. The van der Waals surface area contributed by atoms with Gasteiger partial charge in [0.25, 0.3) is 0 Å². The molecule has 0 bridgehead atoms. The summed E-state index contributed by atoms with van der Waals surface area (Å²) in [5.41, 5.74) is 0. The Morgan fingerprint density at radius 2 is 1.12 bits per heavy atom. The van der Waals surface area contributed by atoms with Gasteiger partial charge in [-0.2, -0.15) is 0 Å². The Morgan fingerprint density at radius 3 is 1.38 bits per heavy atom. The summed E-state index contributed by atoms with van der Waals surface area (Å²) in [4.78, 5) is 33.2. The van der Waals surface area contributed by atoms with E-state index < -0.39 is 15.6 Å². The van der Waals surface area contributed by atoms with E-state index in [1.54, 1.807) is 12.2 Å². The van der Waals surface area contributed by atoms with Gasteiger partial charge in [-0.3, -0.25) is 9.05 Å². The molecule has 0 aromatic heterocycles. The first-order valence-corrected chi connectivity index (χ1v) is 7.32. The highest BCUT2D eigenvalue weighted by Crippen LogP contribution is 2.36. The smallest absolute Gasteiger partial charge is 0.303 e. The van der Waals surface area contributed by atoms with Crippen LogP contribution in [0.1, 0.15) is 12.8 Å². The SMILES string of the molecule is O=P(O)(O)OCCC=CCCOP(=O)(O)O. The Kier molecular flexibility index (Phi) is 7.30. The van der Waals surface area contributed by atoms with Crippen molar-refractivity contribution < 1.29 is 37.8 Å². The highest BCUT2D eigenvalue weighted by atomic mass is 31.2. The van der Waals surface area contributed by atoms with E-state index in [-0.39, 0.29) is 13.2 Å². The van der Waals surface area contributed by atoms with Crippen molar-refractivity contribution in [3.8, 4) is 0 Å². The number of phosphoric acid groups is 2. The number of hydrogen-bond donors (Lipinski definition) is 4. The van der Waals surface area contributed by atoms with Crippen molar-refractivity contribution in [2.45, 2.75) is 12.8 Å². The first-order chi connectivity index (χ1) is 7.21. The molecule has 0 aliphatic carbocycles. The Morgan fingerprint density at radius 1 is 0.812 bits per heavy atom. The van der Waals surface area contributed by atoms with Gasteiger partial charge in [0.05, 0.1) is 13.2 Å². The van der Waals surface area contributed by atoms with Gasteiger partial charge < -0.3 is 19.6 Å². The lowest BCUT2D eigenvalue weighted by Gasteiger charge is -2.03. The minimum absolute atomic E-state index is 0.125. The Balaban J connectivity index is 3.43. The Labute approximate surface area is 92.4 Å².